The molecule has 0 bridgehead atoms. The highest BCUT2D eigenvalue weighted by atomic mass is 19.4. The molecule has 1 atom stereocenters. The van der Waals surface area contributed by atoms with E-state index in [2.05, 4.69) is 5.32 Å². The number of hydrogen-bond donors (Lipinski definition) is 1. The summed E-state index contributed by atoms with van der Waals surface area (Å²) < 4.78 is 36.4. The molecule has 0 heterocycles. The van der Waals surface area contributed by atoms with E-state index in [-0.39, 0.29) is 0 Å². The van der Waals surface area contributed by atoms with E-state index in [9.17, 15) is 13.2 Å². The predicted molar refractivity (Wildman–Crippen MR) is 62.9 cm³/mol. The van der Waals surface area contributed by atoms with Crippen molar-refractivity contribution in [1.29, 1.82) is 5.26 Å². The topological polar surface area (TPSA) is 35.8 Å². The van der Waals surface area contributed by atoms with Crippen molar-refractivity contribution in [1.82, 2.24) is 5.32 Å². The van der Waals surface area contributed by atoms with Crippen LogP contribution < -0.4 is 5.32 Å². The molecule has 0 fully saturated rings. The monoisotopic (exact) mass is 256 g/mol. The van der Waals surface area contributed by atoms with Crippen LogP contribution in [0.15, 0.2) is 18.2 Å². The fourth-order valence-electron chi connectivity index (χ4n) is 1.67. The number of rotatable bonds is 4. The highest BCUT2D eigenvalue weighted by Gasteiger charge is 2.29. The van der Waals surface area contributed by atoms with E-state index in [0.29, 0.717) is 12.1 Å². The summed E-state index contributed by atoms with van der Waals surface area (Å²) in [5, 5.41) is 11.5. The molecular formula is C13H15F3N2. The van der Waals surface area contributed by atoms with Gasteiger partial charge in [-0.25, -0.2) is 0 Å². The van der Waals surface area contributed by atoms with Gasteiger partial charge in [0.05, 0.1) is 18.1 Å². The number of hydrogen-bond acceptors (Lipinski definition) is 2. The van der Waals surface area contributed by atoms with E-state index in [1.165, 1.54) is 6.92 Å². The number of halogens is 3. The number of nitriles is 1. The van der Waals surface area contributed by atoms with Gasteiger partial charge in [-0.2, -0.15) is 18.4 Å². The molecule has 0 saturated heterocycles. The molecule has 1 aromatic rings. The third-order valence-electron chi connectivity index (χ3n) is 2.65. The molecule has 0 aliphatic heterocycles. The minimum absolute atomic E-state index is 0.370. The third kappa shape index (κ3) is 4.76. The van der Waals surface area contributed by atoms with E-state index in [1.54, 1.807) is 18.2 Å². The predicted octanol–water partition coefficient (Wildman–Crippen LogP) is 3.30. The maximum absolute atomic E-state index is 12.1. The molecule has 0 radical (unpaired) electrons. The van der Waals surface area contributed by atoms with Crippen LogP contribution >= 0.6 is 0 Å². The second-order valence-corrected chi connectivity index (χ2v) is 4.35. The van der Waals surface area contributed by atoms with E-state index >= 15 is 0 Å². The standard InChI is InChI=1S/C13H15F3N2/c1-9-5-11(7-17)3-4-12(9)8-18-10(2)6-13(14,15)16/h3-5,10,18H,6,8H2,1-2H3. The van der Waals surface area contributed by atoms with Crippen LogP contribution in [-0.2, 0) is 6.54 Å². The van der Waals surface area contributed by atoms with Crippen molar-refractivity contribution in [2.75, 3.05) is 0 Å². The molecular weight excluding hydrogens is 241 g/mol. The first-order chi connectivity index (χ1) is 8.31. The smallest absolute Gasteiger partial charge is 0.310 e. The maximum atomic E-state index is 12.1. The van der Waals surface area contributed by atoms with Crippen molar-refractivity contribution in [2.24, 2.45) is 0 Å². The van der Waals surface area contributed by atoms with Crippen molar-refractivity contribution in [2.45, 2.75) is 39.0 Å². The van der Waals surface area contributed by atoms with E-state index in [1.807, 2.05) is 13.0 Å². The summed E-state index contributed by atoms with van der Waals surface area (Å²) in [5.74, 6) is 0. The zero-order chi connectivity index (χ0) is 13.8. The molecule has 0 spiro atoms. The average molecular weight is 256 g/mol. The Morgan fingerprint density at radius 1 is 1.39 bits per heavy atom. The third-order valence-corrected chi connectivity index (χ3v) is 2.65. The summed E-state index contributed by atoms with van der Waals surface area (Å²) in [5.41, 5.74) is 2.36. The molecule has 0 saturated carbocycles. The number of nitrogens with one attached hydrogen (secondary N) is 1. The van der Waals surface area contributed by atoms with Gasteiger partial charge >= 0.3 is 6.18 Å². The molecule has 0 amide bonds. The Balaban J connectivity index is 2.57. The Hall–Kier alpha value is -1.54. The summed E-state index contributed by atoms with van der Waals surface area (Å²) in [6.45, 7) is 3.72. The fraction of sp³-hybridized carbons (Fsp3) is 0.462. The second kappa shape index (κ2) is 5.87. The van der Waals surface area contributed by atoms with Gasteiger partial charge in [0.2, 0.25) is 0 Å². The molecule has 1 N–H and O–H groups in total. The maximum Gasteiger partial charge on any atom is 0.390 e. The van der Waals surface area contributed by atoms with Crippen molar-refractivity contribution in [3.8, 4) is 6.07 Å². The number of aryl methyl sites for hydroxylation is 1. The second-order valence-electron chi connectivity index (χ2n) is 4.35. The Morgan fingerprint density at radius 2 is 2.06 bits per heavy atom. The number of benzene rings is 1. The van der Waals surface area contributed by atoms with Crippen molar-refractivity contribution < 1.29 is 13.2 Å². The largest absolute Gasteiger partial charge is 0.390 e. The Kier molecular flexibility index (Phi) is 4.74. The summed E-state index contributed by atoms with van der Waals surface area (Å²) >= 11 is 0. The van der Waals surface area contributed by atoms with Crippen molar-refractivity contribution >= 4 is 0 Å². The minimum Gasteiger partial charge on any atom is -0.310 e. The minimum atomic E-state index is -4.15. The quantitative estimate of drug-likeness (QED) is 0.897. The molecule has 0 aliphatic carbocycles. The van der Waals surface area contributed by atoms with Gasteiger partial charge in [0.1, 0.15) is 0 Å². The van der Waals surface area contributed by atoms with Crippen molar-refractivity contribution in [3.05, 3.63) is 34.9 Å². The average Bonchev–Trinajstić information content (AvgIpc) is 2.25. The molecule has 0 aromatic heterocycles. The van der Waals surface area contributed by atoms with Crippen LogP contribution in [0.5, 0.6) is 0 Å². The van der Waals surface area contributed by atoms with E-state index in [4.69, 9.17) is 5.26 Å². The molecule has 1 aromatic carbocycles. The van der Waals surface area contributed by atoms with E-state index < -0.39 is 18.6 Å². The molecule has 0 aliphatic rings. The molecule has 5 heteroatoms. The molecule has 18 heavy (non-hydrogen) atoms. The van der Waals surface area contributed by atoms with Crippen LogP contribution in [0.4, 0.5) is 13.2 Å². The zero-order valence-electron chi connectivity index (χ0n) is 10.3. The first-order valence-electron chi connectivity index (χ1n) is 5.61. The lowest BCUT2D eigenvalue weighted by atomic mass is 10.1. The van der Waals surface area contributed by atoms with Crippen LogP contribution in [-0.4, -0.2) is 12.2 Å². The van der Waals surface area contributed by atoms with Gasteiger partial charge in [-0.15, -0.1) is 0 Å². The highest BCUT2D eigenvalue weighted by Crippen LogP contribution is 2.21. The first-order valence-corrected chi connectivity index (χ1v) is 5.61. The lowest BCUT2D eigenvalue weighted by Crippen LogP contribution is -2.30. The normalized spacial score (nSPS) is 13.1. The number of nitrogens with zero attached hydrogens (tertiary/aromatic N) is 1. The number of alkyl halides is 3. The SMILES string of the molecule is Cc1cc(C#N)ccc1CNC(C)CC(F)(F)F. The van der Waals surface area contributed by atoms with Gasteiger partial charge < -0.3 is 5.32 Å². The summed E-state index contributed by atoms with van der Waals surface area (Å²) in [6.07, 6.45) is -4.99. The van der Waals surface area contributed by atoms with Crippen LogP contribution in [0, 0.1) is 18.3 Å². The molecule has 2 nitrogen and oxygen atoms in total. The van der Waals surface area contributed by atoms with Crippen LogP contribution in [0.25, 0.3) is 0 Å². The first kappa shape index (κ1) is 14.5. The van der Waals surface area contributed by atoms with Crippen molar-refractivity contribution in [3.63, 3.8) is 0 Å². The van der Waals surface area contributed by atoms with Gasteiger partial charge in [-0.3, -0.25) is 0 Å². The van der Waals surface area contributed by atoms with Crippen LogP contribution in [0.2, 0.25) is 0 Å². The van der Waals surface area contributed by atoms with Gasteiger partial charge in [-0.1, -0.05) is 6.07 Å². The molecule has 1 unspecified atom stereocenters. The molecule has 1 rings (SSSR count). The van der Waals surface area contributed by atoms with Gasteiger partial charge in [0.25, 0.3) is 0 Å². The lowest BCUT2D eigenvalue weighted by Gasteiger charge is -2.16. The van der Waals surface area contributed by atoms with Gasteiger partial charge in [0, 0.05) is 12.6 Å². The van der Waals surface area contributed by atoms with Crippen LogP contribution in [0.3, 0.4) is 0 Å². The highest BCUT2D eigenvalue weighted by molar-refractivity contribution is 5.37. The lowest BCUT2D eigenvalue weighted by molar-refractivity contribution is -0.139. The Bertz CT molecular complexity index is 447. The molecule has 98 valence electrons. The van der Waals surface area contributed by atoms with Gasteiger partial charge in [0.15, 0.2) is 0 Å². The summed E-state index contributed by atoms with van der Waals surface area (Å²) in [6, 6.07) is 6.55. The zero-order valence-corrected chi connectivity index (χ0v) is 10.3. The Morgan fingerprint density at radius 3 is 2.56 bits per heavy atom. The van der Waals surface area contributed by atoms with Gasteiger partial charge in [-0.05, 0) is 37.1 Å². The Labute approximate surface area is 104 Å². The van der Waals surface area contributed by atoms with E-state index in [0.717, 1.165) is 11.1 Å². The summed E-state index contributed by atoms with van der Waals surface area (Å²) in [7, 11) is 0. The fourth-order valence-corrected chi connectivity index (χ4v) is 1.67. The van der Waals surface area contributed by atoms with Crippen LogP contribution in [0.1, 0.15) is 30.0 Å². The summed E-state index contributed by atoms with van der Waals surface area (Å²) in [4.78, 5) is 0.